The number of phenolic OH excluding ortho intramolecular Hbond substituents is 1. The third-order valence-corrected chi connectivity index (χ3v) is 5.22. The van der Waals surface area contributed by atoms with Gasteiger partial charge in [0, 0.05) is 12.1 Å². The summed E-state index contributed by atoms with van der Waals surface area (Å²) in [6.07, 6.45) is -0.196. The molecule has 1 N–H and O–H groups in total. The monoisotopic (exact) mass is 393 g/mol. The third-order valence-electron chi connectivity index (χ3n) is 5.22. The minimum absolute atomic E-state index is 0.0108. The highest BCUT2D eigenvalue weighted by Gasteiger charge is 2.26. The Balaban J connectivity index is 1.55. The van der Waals surface area contributed by atoms with Crippen molar-refractivity contribution in [1.29, 1.82) is 0 Å². The van der Waals surface area contributed by atoms with Gasteiger partial charge in [0.1, 0.15) is 11.9 Å². The molecule has 1 aliphatic heterocycles. The molecule has 3 aromatic rings. The molecule has 6 nitrogen and oxygen atoms in total. The summed E-state index contributed by atoms with van der Waals surface area (Å²) in [5.74, 6) is 1.00. The van der Waals surface area contributed by atoms with Crippen molar-refractivity contribution in [2.45, 2.75) is 6.10 Å². The fourth-order valence-corrected chi connectivity index (χ4v) is 3.60. The van der Waals surface area contributed by atoms with Gasteiger partial charge in [0.25, 0.3) is 5.91 Å². The van der Waals surface area contributed by atoms with Crippen molar-refractivity contribution >= 4 is 16.7 Å². The number of carbonyl (C=O) groups excluding carboxylic acids is 1. The second-order valence-corrected chi connectivity index (χ2v) is 6.97. The normalized spacial score (nSPS) is 16.6. The Hall–Kier alpha value is -3.25. The minimum Gasteiger partial charge on any atom is -0.504 e. The fourth-order valence-electron chi connectivity index (χ4n) is 3.60. The average Bonchev–Trinajstić information content (AvgIpc) is 2.78. The van der Waals surface area contributed by atoms with Gasteiger partial charge in [0.2, 0.25) is 0 Å². The number of nitrogens with zero attached hydrogens (tertiary/aromatic N) is 1. The Morgan fingerprint density at radius 1 is 1.03 bits per heavy atom. The molecule has 29 heavy (non-hydrogen) atoms. The average molecular weight is 393 g/mol. The Morgan fingerprint density at radius 2 is 1.83 bits per heavy atom. The van der Waals surface area contributed by atoms with Crippen LogP contribution in [-0.4, -0.2) is 49.8 Å². The molecule has 1 amide bonds. The summed E-state index contributed by atoms with van der Waals surface area (Å²) in [7, 11) is 3.12. The summed E-state index contributed by atoms with van der Waals surface area (Å²) in [5, 5.41) is 11.9. The molecule has 3 aromatic carbocycles. The van der Waals surface area contributed by atoms with E-state index in [2.05, 4.69) is 6.07 Å². The first-order valence-electron chi connectivity index (χ1n) is 9.44. The van der Waals surface area contributed by atoms with Crippen LogP contribution in [0.3, 0.4) is 0 Å². The maximum absolute atomic E-state index is 13.0. The summed E-state index contributed by atoms with van der Waals surface area (Å²) in [5.41, 5.74) is 1.51. The molecule has 1 aliphatic rings. The molecule has 4 rings (SSSR count). The van der Waals surface area contributed by atoms with Crippen LogP contribution in [0.1, 0.15) is 22.0 Å². The minimum atomic E-state index is -0.196. The van der Waals surface area contributed by atoms with E-state index in [1.54, 1.807) is 24.1 Å². The van der Waals surface area contributed by atoms with Crippen molar-refractivity contribution in [3.05, 3.63) is 65.7 Å². The van der Waals surface area contributed by atoms with E-state index >= 15 is 0 Å². The van der Waals surface area contributed by atoms with Gasteiger partial charge in [-0.05, 0) is 52.7 Å². The number of hydrogen-bond acceptors (Lipinski definition) is 5. The lowest BCUT2D eigenvalue weighted by atomic mass is 10.0. The lowest BCUT2D eigenvalue weighted by Gasteiger charge is -2.33. The Kier molecular flexibility index (Phi) is 5.27. The molecule has 0 unspecified atom stereocenters. The SMILES string of the molecule is COc1ccc2cc([C@H]3CN(C(=O)c4ccc(O)c(OC)c4)CCO3)ccc2c1. The molecule has 0 radical (unpaired) electrons. The maximum atomic E-state index is 13.0. The molecule has 150 valence electrons. The van der Waals surface area contributed by atoms with Crippen molar-refractivity contribution < 1.29 is 24.1 Å². The first-order valence-corrected chi connectivity index (χ1v) is 9.44. The van der Waals surface area contributed by atoms with Gasteiger partial charge in [0.05, 0.1) is 27.4 Å². The number of fused-ring (bicyclic) bond motifs is 1. The smallest absolute Gasteiger partial charge is 0.254 e. The van der Waals surface area contributed by atoms with Crippen LogP contribution >= 0.6 is 0 Å². The van der Waals surface area contributed by atoms with Gasteiger partial charge in [-0.15, -0.1) is 0 Å². The molecule has 6 heteroatoms. The number of hydrogen-bond donors (Lipinski definition) is 1. The van der Waals surface area contributed by atoms with E-state index < -0.39 is 0 Å². The lowest BCUT2D eigenvalue weighted by Crippen LogP contribution is -2.42. The van der Waals surface area contributed by atoms with Gasteiger partial charge >= 0.3 is 0 Å². The molecule has 1 saturated heterocycles. The molecule has 0 saturated carbocycles. The zero-order chi connectivity index (χ0) is 20.4. The maximum Gasteiger partial charge on any atom is 0.254 e. The van der Waals surface area contributed by atoms with E-state index in [9.17, 15) is 9.90 Å². The number of rotatable bonds is 4. The molecule has 0 aliphatic carbocycles. The van der Waals surface area contributed by atoms with Gasteiger partial charge in [-0.2, -0.15) is 0 Å². The zero-order valence-corrected chi connectivity index (χ0v) is 16.4. The highest BCUT2D eigenvalue weighted by Crippen LogP contribution is 2.30. The number of methoxy groups -OCH3 is 2. The Labute approximate surface area is 169 Å². The number of ether oxygens (including phenoxy) is 3. The molecule has 0 spiro atoms. The molecule has 0 aromatic heterocycles. The van der Waals surface area contributed by atoms with Crippen LogP contribution < -0.4 is 9.47 Å². The van der Waals surface area contributed by atoms with Crippen LogP contribution in [0.2, 0.25) is 0 Å². The molecular formula is C23H23NO5. The van der Waals surface area contributed by atoms with Gasteiger partial charge in [0.15, 0.2) is 11.5 Å². The number of carbonyl (C=O) groups is 1. The van der Waals surface area contributed by atoms with Crippen molar-refractivity contribution in [3.63, 3.8) is 0 Å². The quantitative estimate of drug-likeness (QED) is 0.731. The van der Waals surface area contributed by atoms with Crippen molar-refractivity contribution in [2.24, 2.45) is 0 Å². The number of morpholine rings is 1. The standard InChI is InChI=1S/C23H23NO5/c1-27-19-7-5-15-11-17(4-3-16(15)12-19)22-14-24(9-10-29-22)23(26)18-6-8-20(25)21(13-18)28-2/h3-8,11-13,22,25H,9-10,14H2,1-2H3/t22-/m1/s1. The van der Waals surface area contributed by atoms with Crippen LogP contribution in [0.25, 0.3) is 10.8 Å². The number of aromatic hydroxyl groups is 1. The van der Waals surface area contributed by atoms with E-state index in [1.165, 1.54) is 13.2 Å². The van der Waals surface area contributed by atoms with Gasteiger partial charge < -0.3 is 24.2 Å². The van der Waals surface area contributed by atoms with Crippen molar-refractivity contribution in [1.82, 2.24) is 4.90 Å². The molecular weight excluding hydrogens is 370 g/mol. The largest absolute Gasteiger partial charge is 0.504 e. The predicted octanol–water partition coefficient (Wildman–Crippen LogP) is 3.78. The molecule has 0 bridgehead atoms. The summed E-state index contributed by atoms with van der Waals surface area (Å²) in [4.78, 5) is 14.7. The fraction of sp³-hybridized carbons (Fsp3) is 0.261. The third kappa shape index (κ3) is 3.84. The number of phenols is 1. The summed E-state index contributed by atoms with van der Waals surface area (Å²) in [6.45, 7) is 1.44. The van der Waals surface area contributed by atoms with Crippen molar-refractivity contribution in [2.75, 3.05) is 33.9 Å². The van der Waals surface area contributed by atoms with Crippen LogP contribution in [0.15, 0.2) is 54.6 Å². The van der Waals surface area contributed by atoms with E-state index in [4.69, 9.17) is 14.2 Å². The van der Waals surface area contributed by atoms with Crippen LogP contribution in [-0.2, 0) is 4.74 Å². The topological polar surface area (TPSA) is 68.2 Å². The molecule has 1 heterocycles. The zero-order valence-electron chi connectivity index (χ0n) is 16.4. The first-order chi connectivity index (χ1) is 14.1. The second-order valence-electron chi connectivity index (χ2n) is 6.97. The van der Waals surface area contributed by atoms with E-state index in [1.807, 2.05) is 30.3 Å². The Bertz CT molecular complexity index is 1050. The van der Waals surface area contributed by atoms with Crippen molar-refractivity contribution in [3.8, 4) is 17.2 Å². The van der Waals surface area contributed by atoms with E-state index in [0.717, 1.165) is 22.1 Å². The predicted molar refractivity (Wildman–Crippen MR) is 110 cm³/mol. The second kappa shape index (κ2) is 8.01. The van der Waals surface area contributed by atoms with Crippen LogP contribution in [0.5, 0.6) is 17.2 Å². The van der Waals surface area contributed by atoms with E-state index in [0.29, 0.717) is 25.3 Å². The van der Waals surface area contributed by atoms with E-state index in [-0.39, 0.29) is 23.5 Å². The number of benzene rings is 3. The molecule has 1 fully saturated rings. The van der Waals surface area contributed by atoms with Gasteiger partial charge in [-0.1, -0.05) is 18.2 Å². The first kappa shape index (κ1) is 19.1. The number of amides is 1. The van der Waals surface area contributed by atoms with Crippen LogP contribution in [0.4, 0.5) is 0 Å². The summed E-state index contributed by atoms with van der Waals surface area (Å²) < 4.78 is 16.4. The van der Waals surface area contributed by atoms with Crippen LogP contribution in [0, 0.1) is 0 Å². The lowest BCUT2D eigenvalue weighted by molar-refractivity contribution is -0.0227. The van der Waals surface area contributed by atoms with Gasteiger partial charge in [-0.25, -0.2) is 0 Å². The highest BCUT2D eigenvalue weighted by molar-refractivity contribution is 5.95. The highest BCUT2D eigenvalue weighted by atomic mass is 16.5. The Morgan fingerprint density at radius 3 is 2.62 bits per heavy atom. The summed E-state index contributed by atoms with van der Waals surface area (Å²) in [6, 6.07) is 16.8. The molecule has 1 atom stereocenters. The summed E-state index contributed by atoms with van der Waals surface area (Å²) >= 11 is 0. The van der Waals surface area contributed by atoms with Gasteiger partial charge in [-0.3, -0.25) is 4.79 Å².